The lowest BCUT2D eigenvalue weighted by Crippen LogP contribution is -2.52. The zero-order valence-electron chi connectivity index (χ0n) is 16.0. The minimum Gasteiger partial charge on any atom is -0.346 e. The van der Waals surface area contributed by atoms with Gasteiger partial charge in [0, 0.05) is 31.9 Å². The van der Waals surface area contributed by atoms with Crippen molar-refractivity contribution in [3.05, 3.63) is 29.8 Å². The van der Waals surface area contributed by atoms with Crippen LogP contribution in [0.1, 0.15) is 12.5 Å². The van der Waals surface area contributed by atoms with Gasteiger partial charge in [0.2, 0.25) is 17.7 Å². The van der Waals surface area contributed by atoms with Gasteiger partial charge in [0.05, 0.1) is 19.6 Å². The fourth-order valence-electron chi connectivity index (χ4n) is 2.86. The lowest BCUT2D eigenvalue weighted by Gasteiger charge is -2.34. The standard InChI is InChI=1S/C18H27N5O3.2ClH/c1-2-14-5-3-4-6-15(14)21-17(25)13-22-7-9-23(10-8-22)18(26)12-20-16(24)11-19;;/h3-6H,2,7-13,19H2,1H3,(H,20,24)(H,21,25);2*1H. The molecule has 1 aliphatic heterocycles. The van der Waals surface area contributed by atoms with Crippen molar-refractivity contribution < 1.29 is 14.4 Å². The second-order valence-electron chi connectivity index (χ2n) is 6.20. The summed E-state index contributed by atoms with van der Waals surface area (Å²) in [5.74, 6) is -0.533. The maximum Gasteiger partial charge on any atom is 0.242 e. The number of piperazine rings is 1. The monoisotopic (exact) mass is 433 g/mol. The average molecular weight is 434 g/mol. The largest absolute Gasteiger partial charge is 0.346 e. The zero-order valence-corrected chi connectivity index (χ0v) is 17.6. The molecule has 1 aromatic carbocycles. The van der Waals surface area contributed by atoms with Crippen LogP contribution in [0, 0.1) is 0 Å². The van der Waals surface area contributed by atoms with Gasteiger partial charge in [0.1, 0.15) is 0 Å². The number of amides is 3. The third kappa shape index (κ3) is 8.02. The number of benzene rings is 1. The maximum absolute atomic E-state index is 12.3. The number of hydrogen-bond acceptors (Lipinski definition) is 5. The van der Waals surface area contributed by atoms with E-state index in [-0.39, 0.29) is 55.6 Å². The van der Waals surface area contributed by atoms with E-state index in [1.54, 1.807) is 4.90 Å². The van der Waals surface area contributed by atoms with Gasteiger partial charge < -0.3 is 21.3 Å². The van der Waals surface area contributed by atoms with E-state index in [0.29, 0.717) is 32.7 Å². The minimum absolute atomic E-state index is 0. The fourth-order valence-corrected chi connectivity index (χ4v) is 2.86. The second kappa shape index (κ2) is 13.3. The number of carbonyl (C=O) groups excluding carboxylic acids is 3. The molecule has 1 saturated heterocycles. The summed E-state index contributed by atoms with van der Waals surface area (Å²) in [6.07, 6.45) is 0.859. The van der Waals surface area contributed by atoms with E-state index >= 15 is 0 Å². The Bertz CT molecular complexity index is 652. The van der Waals surface area contributed by atoms with Crippen molar-refractivity contribution >= 4 is 48.2 Å². The van der Waals surface area contributed by atoms with Crippen molar-refractivity contribution in [2.24, 2.45) is 5.73 Å². The molecule has 3 amide bonds. The van der Waals surface area contributed by atoms with Crippen molar-refractivity contribution in [1.82, 2.24) is 15.1 Å². The first kappa shape index (κ1) is 26.1. The molecule has 0 saturated carbocycles. The molecule has 0 unspecified atom stereocenters. The van der Waals surface area contributed by atoms with E-state index < -0.39 is 0 Å². The molecule has 0 aromatic heterocycles. The van der Waals surface area contributed by atoms with Crippen LogP contribution in [0.4, 0.5) is 5.69 Å². The van der Waals surface area contributed by atoms with Crippen LogP contribution >= 0.6 is 24.8 Å². The Morgan fingerprint density at radius 3 is 2.29 bits per heavy atom. The molecule has 0 spiro atoms. The number of rotatable bonds is 7. The SMILES string of the molecule is CCc1ccccc1NC(=O)CN1CCN(C(=O)CNC(=O)CN)CC1.Cl.Cl. The molecular formula is C18H29Cl2N5O3. The van der Waals surface area contributed by atoms with Crippen molar-refractivity contribution in [2.75, 3.05) is 51.1 Å². The van der Waals surface area contributed by atoms with E-state index in [0.717, 1.165) is 17.7 Å². The van der Waals surface area contributed by atoms with Gasteiger partial charge >= 0.3 is 0 Å². The van der Waals surface area contributed by atoms with Crippen LogP contribution in [0.5, 0.6) is 0 Å². The Hall–Kier alpha value is -1.87. The predicted octanol–water partition coefficient (Wildman–Crippen LogP) is 0.250. The third-order valence-electron chi connectivity index (χ3n) is 4.39. The van der Waals surface area contributed by atoms with Crippen LogP contribution in [0.25, 0.3) is 0 Å². The molecule has 0 atom stereocenters. The van der Waals surface area contributed by atoms with Gasteiger partial charge in [0.25, 0.3) is 0 Å². The van der Waals surface area contributed by atoms with E-state index in [1.165, 1.54) is 0 Å². The summed E-state index contributed by atoms with van der Waals surface area (Å²) < 4.78 is 0. The molecule has 0 radical (unpaired) electrons. The van der Waals surface area contributed by atoms with Crippen molar-refractivity contribution in [1.29, 1.82) is 0 Å². The number of para-hydroxylation sites is 1. The van der Waals surface area contributed by atoms with Crippen LogP contribution in [-0.4, -0.2) is 73.3 Å². The first-order chi connectivity index (χ1) is 12.5. The molecule has 1 fully saturated rings. The molecule has 1 aromatic rings. The predicted molar refractivity (Wildman–Crippen MR) is 114 cm³/mol. The lowest BCUT2D eigenvalue weighted by atomic mass is 10.1. The number of nitrogens with zero attached hydrogens (tertiary/aromatic N) is 2. The summed E-state index contributed by atoms with van der Waals surface area (Å²) in [5.41, 5.74) is 7.15. The number of aryl methyl sites for hydroxylation is 1. The van der Waals surface area contributed by atoms with Crippen LogP contribution < -0.4 is 16.4 Å². The molecule has 0 aliphatic carbocycles. The van der Waals surface area contributed by atoms with Crippen LogP contribution in [-0.2, 0) is 20.8 Å². The molecule has 1 aliphatic rings. The number of nitrogens with two attached hydrogens (primary N) is 1. The molecule has 0 bridgehead atoms. The van der Waals surface area contributed by atoms with E-state index in [2.05, 4.69) is 17.6 Å². The average Bonchev–Trinajstić information content (AvgIpc) is 2.66. The van der Waals surface area contributed by atoms with Crippen molar-refractivity contribution in [3.8, 4) is 0 Å². The third-order valence-corrected chi connectivity index (χ3v) is 4.39. The van der Waals surface area contributed by atoms with Crippen molar-refractivity contribution in [3.63, 3.8) is 0 Å². The molecule has 1 heterocycles. The molecular weight excluding hydrogens is 405 g/mol. The number of hydrogen-bond donors (Lipinski definition) is 3. The Kier molecular flexibility index (Phi) is 12.4. The highest BCUT2D eigenvalue weighted by Crippen LogP contribution is 2.15. The van der Waals surface area contributed by atoms with E-state index in [9.17, 15) is 14.4 Å². The summed E-state index contributed by atoms with van der Waals surface area (Å²) in [6, 6.07) is 7.77. The Morgan fingerprint density at radius 1 is 1.04 bits per heavy atom. The van der Waals surface area contributed by atoms with Crippen LogP contribution in [0.2, 0.25) is 0 Å². The summed E-state index contributed by atoms with van der Waals surface area (Å²) in [7, 11) is 0. The lowest BCUT2D eigenvalue weighted by molar-refractivity contribution is -0.134. The Morgan fingerprint density at radius 2 is 1.68 bits per heavy atom. The summed E-state index contributed by atoms with van der Waals surface area (Å²) >= 11 is 0. The molecule has 10 heteroatoms. The summed E-state index contributed by atoms with van der Waals surface area (Å²) in [6.45, 7) is 4.51. The zero-order chi connectivity index (χ0) is 18.9. The fraction of sp³-hybridized carbons (Fsp3) is 0.500. The van der Waals surface area contributed by atoms with Gasteiger partial charge in [-0.25, -0.2) is 0 Å². The van der Waals surface area contributed by atoms with Gasteiger partial charge in [-0.15, -0.1) is 24.8 Å². The quantitative estimate of drug-likeness (QED) is 0.571. The minimum atomic E-state index is -0.346. The smallest absolute Gasteiger partial charge is 0.242 e. The van der Waals surface area contributed by atoms with Gasteiger partial charge in [-0.05, 0) is 18.1 Å². The first-order valence-corrected chi connectivity index (χ1v) is 8.88. The highest BCUT2D eigenvalue weighted by atomic mass is 35.5. The maximum atomic E-state index is 12.3. The van der Waals surface area contributed by atoms with Gasteiger partial charge in [-0.2, -0.15) is 0 Å². The molecule has 4 N–H and O–H groups in total. The molecule has 2 rings (SSSR count). The highest BCUT2D eigenvalue weighted by Gasteiger charge is 2.22. The summed E-state index contributed by atoms with van der Waals surface area (Å²) in [5, 5.41) is 5.44. The van der Waals surface area contributed by atoms with E-state index in [4.69, 9.17) is 5.73 Å². The topological polar surface area (TPSA) is 108 Å². The Balaban J connectivity index is 0.00000364. The van der Waals surface area contributed by atoms with Crippen LogP contribution in [0.15, 0.2) is 24.3 Å². The normalized spacial score (nSPS) is 13.7. The van der Waals surface area contributed by atoms with E-state index in [1.807, 2.05) is 29.2 Å². The highest BCUT2D eigenvalue weighted by molar-refractivity contribution is 5.93. The van der Waals surface area contributed by atoms with Crippen LogP contribution in [0.3, 0.4) is 0 Å². The number of anilines is 1. The Labute approximate surface area is 178 Å². The molecule has 28 heavy (non-hydrogen) atoms. The number of nitrogens with one attached hydrogen (secondary N) is 2. The van der Waals surface area contributed by atoms with Gasteiger partial charge in [-0.1, -0.05) is 25.1 Å². The second-order valence-corrected chi connectivity index (χ2v) is 6.20. The number of halogens is 2. The number of carbonyl (C=O) groups is 3. The molecule has 8 nitrogen and oxygen atoms in total. The molecule has 158 valence electrons. The first-order valence-electron chi connectivity index (χ1n) is 8.88. The summed E-state index contributed by atoms with van der Waals surface area (Å²) in [4.78, 5) is 39.1. The van der Waals surface area contributed by atoms with Crippen molar-refractivity contribution in [2.45, 2.75) is 13.3 Å². The van der Waals surface area contributed by atoms with Gasteiger partial charge in [0.15, 0.2) is 0 Å². The van der Waals surface area contributed by atoms with Gasteiger partial charge in [-0.3, -0.25) is 19.3 Å².